The van der Waals surface area contributed by atoms with Gasteiger partial charge >= 0.3 is 17.9 Å². The van der Waals surface area contributed by atoms with Gasteiger partial charge in [0.2, 0.25) is 0 Å². The van der Waals surface area contributed by atoms with Crippen LogP contribution in [0.15, 0.2) is 18.2 Å². The number of aromatic carboxylic acids is 1. The molecule has 0 saturated heterocycles. The Hall–Kier alpha value is -2.37. The molecule has 0 amide bonds. The first kappa shape index (κ1) is 18.0. The minimum atomic E-state index is -1.12. The lowest BCUT2D eigenvalue weighted by Gasteiger charge is -2.61. The van der Waals surface area contributed by atoms with Crippen molar-refractivity contribution in [3.63, 3.8) is 0 Å². The summed E-state index contributed by atoms with van der Waals surface area (Å²) in [6.07, 6.45) is 5.67. The predicted molar refractivity (Wildman–Crippen MR) is 95.6 cm³/mol. The smallest absolute Gasteiger partial charge is 0.339 e. The number of esters is 2. The Morgan fingerprint density at radius 2 is 1.70 bits per heavy atom. The third-order valence-electron chi connectivity index (χ3n) is 6.44. The van der Waals surface area contributed by atoms with Gasteiger partial charge in [-0.15, -0.1) is 0 Å². The number of rotatable bonds is 4. The minimum absolute atomic E-state index is 0.0000170. The maximum absolute atomic E-state index is 11.7. The molecule has 0 radical (unpaired) electrons. The maximum atomic E-state index is 11.7. The van der Waals surface area contributed by atoms with Gasteiger partial charge in [0.25, 0.3) is 0 Å². The number of carboxylic acid groups (broad SMARTS) is 1. The van der Waals surface area contributed by atoms with Crippen LogP contribution in [-0.2, 0) is 19.7 Å². The van der Waals surface area contributed by atoms with E-state index in [4.69, 9.17) is 9.47 Å². The summed E-state index contributed by atoms with van der Waals surface area (Å²) < 4.78 is 10.9. The van der Waals surface area contributed by atoms with E-state index in [1.165, 1.54) is 13.8 Å². The van der Waals surface area contributed by atoms with Crippen molar-refractivity contribution in [3.8, 4) is 5.75 Å². The van der Waals surface area contributed by atoms with Crippen molar-refractivity contribution in [1.82, 2.24) is 0 Å². The topological polar surface area (TPSA) is 89.9 Å². The number of carbonyl (C=O) groups excluding carboxylic acids is 2. The van der Waals surface area contributed by atoms with Gasteiger partial charge in [-0.05, 0) is 73.5 Å². The van der Waals surface area contributed by atoms with Crippen LogP contribution >= 0.6 is 0 Å². The van der Waals surface area contributed by atoms with Crippen molar-refractivity contribution in [3.05, 3.63) is 29.3 Å². The molecular weight excluding hydrogens is 348 g/mol. The van der Waals surface area contributed by atoms with E-state index in [0.29, 0.717) is 11.8 Å². The summed E-state index contributed by atoms with van der Waals surface area (Å²) in [6.45, 7) is 2.71. The molecule has 1 N–H and O–H groups in total. The van der Waals surface area contributed by atoms with Crippen LogP contribution in [0.1, 0.15) is 68.3 Å². The normalized spacial score (nSPS) is 33.6. The molecule has 4 aliphatic rings. The highest BCUT2D eigenvalue weighted by atomic mass is 16.6. The van der Waals surface area contributed by atoms with Gasteiger partial charge < -0.3 is 14.6 Å². The van der Waals surface area contributed by atoms with Crippen LogP contribution < -0.4 is 4.74 Å². The van der Waals surface area contributed by atoms with Crippen LogP contribution in [0.3, 0.4) is 0 Å². The summed E-state index contributed by atoms with van der Waals surface area (Å²) in [4.78, 5) is 34.7. The van der Waals surface area contributed by atoms with Gasteiger partial charge in [-0.25, -0.2) is 4.79 Å². The summed E-state index contributed by atoms with van der Waals surface area (Å²) >= 11 is 0. The van der Waals surface area contributed by atoms with Crippen LogP contribution in [-0.4, -0.2) is 28.6 Å². The van der Waals surface area contributed by atoms with E-state index < -0.39 is 17.5 Å². The Morgan fingerprint density at radius 3 is 2.26 bits per heavy atom. The van der Waals surface area contributed by atoms with E-state index in [9.17, 15) is 19.5 Å². The molecule has 6 heteroatoms. The molecule has 4 fully saturated rings. The summed E-state index contributed by atoms with van der Waals surface area (Å²) in [5.41, 5.74) is 0.341. The van der Waals surface area contributed by atoms with E-state index in [1.54, 1.807) is 12.1 Å². The highest BCUT2D eigenvalue weighted by Gasteiger charge is 2.60. The Morgan fingerprint density at radius 1 is 1.04 bits per heavy atom. The van der Waals surface area contributed by atoms with Gasteiger partial charge in [0, 0.05) is 13.8 Å². The second-order valence-electron chi connectivity index (χ2n) is 8.63. The number of carbonyl (C=O) groups is 3. The van der Waals surface area contributed by atoms with Crippen molar-refractivity contribution >= 4 is 17.9 Å². The predicted octanol–water partition coefficient (Wildman–Crippen LogP) is 3.46. The molecule has 4 saturated carbocycles. The van der Waals surface area contributed by atoms with Crippen molar-refractivity contribution in [2.75, 3.05) is 0 Å². The first-order valence-electron chi connectivity index (χ1n) is 9.46. The average Bonchev–Trinajstić information content (AvgIpc) is 2.51. The third-order valence-corrected chi connectivity index (χ3v) is 6.44. The van der Waals surface area contributed by atoms with Gasteiger partial charge in [-0.1, -0.05) is 6.07 Å². The van der Waals surface area contributed by atoms with Gasteiger partial charge in [-0.2, -0.15) is 0 Å². The number of hydrogen-bond donors (Lipinski definition) is 1. The van der Waals surface area contributed by atoms with E-state index in [2.05, 4.69) is 0 Å². The van der Waals surface area contributed by atoms with Gasteiger partial charge in [0.05, 0.1) is 0 Å². The standard InChI is InChI=1S/C21H24O6/c1-12(22)26-18-4-3-16(6-17(18)19(24)25)20-7-14-5-15(8-20)10-21(9-14,11-20)27-13(2)23/h3-4,6,14-15H,5,7-11H2,1-2H3,(H,24,25). The van der Waals surface area contributed by atoms with Crippen molar-refractivity contribution in [1.29, 1.82) is 0 Å². The summed E-state index contributed by atoms with van der Waals surface area (Å²) in [6, 6.07) is 5.10. The molecule has 2 atom stereocenters. The molecule has 144 valence electrons. The number of carboxylic acids is 1. The fraction of sp³-hybridized carbons (Fsp3) is 0.571. The molecule has 4 bridgehead atoms. The number of hydrogen-bond acceptors (Lipinski definition) is 5. The van der Waals surface area contributed by atoms with E-state index in [-0.39, 0.29) is 22.7 Å². The molecule has 0 aromatic heterocycles. The SMILES string of the molecule is CC(=O)Oc1ccc(C23CC4CC(CC(OC(C)=O)(C4)C2)C3)cc1C(=O)O. The highest BCUT2D eigenvalue weighted by molar-refractivity contribution is 5.92. The molecule has 0 heterocycles. The van der Waals surface area contributed by atoms with Crippen molar-refractivity contribution < 1.29 is 29.0 Å². The molecule has 27 heavy (non-hydrogen) atoms. The summed E-state index contributed by atoms with van der Waals surface area (Å²) in [7, 11) is 0. The van der Waals surface area contributed by atoms with E-state index >= 15 is 0 Å². The lowest BCUT2D eigenvalue weighted by atomic mass is 9.46. The number of ether oxygens (including phenoxy) is 2. The van der Waals surface area contributed by atoms with Crippen molar-refractivity contribution in [2.24, 2.45) is 11.8 Å². The van der Waals surface area contributed by atoms with Crippen LogP contribution in [0.5, 0.6) is 5.75 Å². The molecule has 2 unspecified atom stereocenters. The molecule has 0 spiro atoms. The molecular formula is C21H24O6. The van der Waals surface area contributed by atoms with Crippen molar-refractivity contribution in [2.45, 2.75) is 63.4 Å². The fourth-order valence-electron chi connectivity index (χ4n) is 6.21. The van der Waals surface area contributed by atoms with Gasteiger partial charge in [-0.3, -0.25) is 9.59 Å². The zero-order chi connectivity index (χ0) is 19.4. The fourth-order valence-corrected chi connectivity index (χ4v) is 6.21. The average molecular weight is 372 g/mol. The highest BCUT2D eigenvalue weighted by Crippen LogP contribution is 2.63. The monoisotopic (exact) mass is 372 g/mol. The van der Waals surface area contributed by atoms with Crippen LogP contribution in [0, 0.1) is 11.8 Å². The molecule has 5 rings (SSSR count). The Balaban J connectivity index is 1.74. The first-order valence-corrected chi connectivity index (χ1v) is 9.46. The Bertz CT molecular complexity index is 812. The van der Waals surface area contributed by atoms with Crippen LogP contribution in [0.4, 0.5) is 0 Å². The molecule has 4 aliphatic carbocycles. The first-order chi connectivity index (χ1) is 12.7. The molecule has 1 aromatic rings. The van der Waals surface area contributed by atoms with Crippen LogP contribution in [0.2, 0.25) is 0 Å². The lowest BCUT2D eigenvalue weighted by molar-refractivity contribution is -0.188. The molecule has 1 aromatic carbocycles. The Labute approximate surface area is 157 Å². The Kier molecular flexibility index (Phi) is 4.05. The third kappa shape index (κ3) is 3.11. The summed E-state index contributed by atoms with van der Waals surface area (Å²) in [5, 5.41) is 9.59. The lowest BCUT2D eigenvalue weighted by Crippen LogP contribution is -2.59. The zero-order valence-corrected chi connectivity index (χ0v) is 15.6. The molecule has 6 nitrogen and oxygen atoms in total. The molecule has 0 aliphatic heterocycles. The maximum Gasteiger partial charge on any atom is 0.339 e. The van der Waals surface area contributed by atoms with Gasteiger partial charge in [0.15, 0.2) is 0 Å². The largest absolute Gasteiger partial charge is 0.478 e. The summed E-state index contributed by atoms with van der Waals surface area (Å²) in [5.74, 6) is -0.859. The second kappa shape index (κ2) is 6.08. The van der Waals surface area contributed by atoms with E-state index in [1.807, 2.05) is 6.07 Å². The van der Waals surface area contributed by atoms with Crippen LogP contribution in [0.25, 0.3) is 0 Å². The van der Waals surface area contributed by atoms with E-state index in [0.717, 1.165) is 44.1 Å². The second-order valence-corrected chi connectivity index (χ2v) is 8.63. The van der Waals surface area contributed by atoms with Gasteiger partial charge in [0.1, 0.15) is 16.9 Å². The zero-order valence-electron chi connectivity index (χ0n) is 15.6. The minimum Gasteiger partial charge on any atom is -0.478 e. The number of benzene rings is 1. The quantitative estimate of drug-likeness (QED) is 0.643.